The molecule has 0 rings (SSSR count). The fourth-order valence-electron chi connectivity index (χ4n) is 4.83. The number of hydrogen-bond acceptors (Lipinski definition) is 5. The monoisotopic (exact) mass is 684 g/mol. The van der Waals surface area contributed by atoms with E-state index >= 15 is 0 Å². The minimum atomic E-state index is -4.16. The highest BCUT2D eigenvalue weighted by Gasteiger charge is 2.31. The standard InChI is InChI=1S/C17H33NO3.C9H16F3NO.C8H17NO.C2H6/c1-3-5-6-7-8-9-10-11-14-21-16(19)13-12-15(4-2)17(18)20;1-3-7(8(13)14)4-6(2)5-9(10,11)12;1-4-7(8(9)10)5-6(2)3;1-2/h15H,3-14H2,1-2H3,(H2,18,20);6-7H,3-5H2,1-2H3,(H2,13,14);6-7H,4-5H2,1-3H3,(H2,9,10);1-2H3. The van der Waals surface area contributed by atoms with Crippen molar-refractivity contribution < 1.29 is 37.1 Å². The van der Waals surface area contributed by atoms with Gasteiger partial charge in [-0.2, -0.15) is 13.2 Å². The molecule has 0 fully saturated rings. The van der Waals surface area contributed by atoms with Crippen LogP contribution >= 0.6 is 0 Å². The number of nitrogens with two attached hydrogens (primary N) is 3. The van der Waals surface area contributed by atoms with Crippen LogP contribution < -0.4 is 17.2 Å². The van der Waals surface area contributed by atoms with Gasteiger partial charge in [0.2, 0.25) is 17.7 Å². The fourth-order valence-corrected chi connectivity index (χ4v) is 4.83. The first-order valence-corrected chi connectivity index (χ1v) is 18.1. The number of unbranched alkanes of at least 4 members (excludes halogenated alkanes) is 7. The molecule has 6 N–H and O–H groups in total. The molecule has 0 heterocycles. The molecule has 0 saturated carbocycles. The van der Waals surface area contributed by atoms with Crippen molar-refractivity contribution in [3.8, 4) is 0 Å². The zero-order chi connectivity index (χ0) is 37.4. The summed E-state index contributed by atoms with van der Waals surface area (Å²) in [6.45, 7) is 18.1. The van der Waals surface area contributed by atoms with Crippen LogP contribution in [0.5, 0.6) is 0 Å². The second kappa shape index (κ2) is 33.6. The molecule has 11 heteroatoms. The van der Waals surface area contributed by atoms with Crippen LogP contribution in [0.25, 0.3) is 0 Å². The number of carbonyl (C=O) groups excluding carboxylic acids is 4. The first-order chi connectivity index (χ1) is 21.9. The molecule has 0 aromatic carbocycles. The average Bonchev–Trinajstić information content (AvgIpc) is 2.98. The van der Waals surface area contributed by atoms with Gasteiger partial charge in [0.25, 0.3) is 0 Å². The number of amides is 3. The predicted molar refractivity (Wildman–Crippen MR) is 187 cm³/mol. The van der Waals surface area contributed by atoms with E-state index in [9.17, 15) is 32.3 Å². The molecule has 47 heavy (non-hydrogen) atoms. The summed E-state index contributed by atoms with van der Waals surface area (Å²) in [7, 11) is 0. The molecule has 0 bridgehead atoms. The van der Waals surface area contributed by atoms with Crippen LogP contribution in [0.15, 0.2) is 0 Å². The van der Waals surface area contributed by atoms with Gasteiger partial charge in [0, 0.05) is 30.6 Å². The Morgan fingerprint density at radius 2 is 1.04 bits per heavy atom. The second-order valence-corrected chi connectivity index (χ2v) is 12.5. The van der Waals surface area contributed by atoms with Gasteiger partial charge in [0.15, 0.2) is 0 Å². The Morgan fingerprint density at radius 1 is 0.638 bits per heavy atom. The number of primary amides is 3. The molecule has 0 aliphatic rings. The summed E-state index contributed by atoms with van der Waals surface area (Å²) in [5, 5.41) is 0. The maximum Gasteiger partial charge on any atom is 0.389 e. The van der Waals surface area contributed by atoms with Gasteiger partial charge in [-0.25, -0.2) is 0 Å². The molecule has 0 aliphatic carbocycles. The largest absolute Gasteiger partial charge is 0.466 e. The number of rotatable bonds is 23. The molecule has 3 amide bonds. The van der Waals surface area contributed by atoms with E-state index in [1.54, 1.807) is 6.92 Å². The Hall–Kier alpha value is -2.33. The summed E-state index contributed by atoms with van der Waals surface area (Å²) in [5.74, 6) is -1.75. The number of hydrogen-bond donors (Lipinski definition) is 3. The van der Waals surface area contributed by atoms with E-state index in [2.05, 4.69) is 20.8 Å². The molecule has 0 spiro atoms. The smallest absolute Gasteiger partial charge is 0.389 e. The zero-order valence-corrected chi connectivity index (χ0v) is 31.3. The Bertz CT molecular complexity index is 779. The Balaban J connectivity index is -0.000000307. The molecule has 0 aliphatic heterocycles. The van der Waals surface area contributed by atoms with E-state index in [0.29, 0.717) is 38.2 Å². The Morgan fingerprint density at radius 3 is 1.38 bits per heavy atom. The van der Waals surface area contributed by atoms with Crippen LogP contribution in [0, 0.1) is 29.6 Å². The quantitative estimate of drug-likeness (QED) is 0.0724. The molecule has 0 saturated heterocycles. The van der Waals surface area contributed by atoms with Crippen LogP contribution in [0.1, 0.15) is 165 Å². The van der Waals surface area contributed by atoms with E-state index in [1.165, 1.54) is 45.4 Å². The van der Waals surface area contributed by atoms with Crippen molar-refractivity contribution in [3.63, 3.8) is 0 Å². The van der Waals surface area contributed by atoms with Gasteiger partial charge in [-0.15, -0.1) is 0 Å². The minimum absolute atomic E-state index is 0.0833. The highest BCUT2D eigenvalue weighted by atomic mass is 19.4. The van der Waals surface area contributed by atoms with Crippen molar-refractivity contribution in [3.05, 3.63) is 0 Å². The number of alkyl halides is 3. The SMILES string of the molecule is CC.CCC(CC(C)C)C(N)=O.CCC(CC(C)CC(F)(F)F)C(N)=O.CCCCCCCCCCOC(=O)CCC(CC)C(N)=O. The van der Waals surface area contributed by atoms with Gasteiger partial charge in [-0.1, -0.05) is 107 Å². The van der Waals surface area contributed by atoms with Gasteiger partial charge in [-0.3, -0.25) is 19.2 Å². The van der Waals surface area contributed by atoms with Crippen LogP contribution in [0.4, 0.5) is 13.2 Å². The van der Waals surface area contributed by atoms with Gasteiger partial charge in [0.05, 0.1) is 6.61 Å². The maximum atomic E-state index is 11.9. The van der Waals surface area contributed by atoms with E-state index in [0.717, 1.165) is 25.7 Å². The number of esters is 1. The van der Waals surface area contributed by atoms with Crippen molar-refractivity contribution in [2.75, 3.05) is 6.61 Å². The van der Waals surface area contributed by atoms with Gasteiger partial charge in [-0.05, 0) is 56.8 Å². The summed E-state index contributed by atoms with van der Waals surface area (Å²) < 4.78 is 41.0. The van der Waals surface area contributed by atoms with Crippen molar-refractivity contribution in [2.24, 2.45) is 46.8 Å². The van der Waals surface area contributed by atoms with Crippen LogP contribution in [0.2, 0.25) is 0 Å². The van der Waals surface area contributed by atoms with Crippen molar-refractivity contribution in [1.29, 1.82) is 0 Å². The van der Waals surface area contributed by atoms with Crippen LogP contribution in [-0.2, 0) is 23.9 Å². The third-order valence-corrected chi connectivity index (χ3v) is 7.67. The first kappa shape index (κ1) is 51.5. The molecule has 4 unspecified atom stereocenters. The minimum Gasteiger partial charge on any atom is -0.466 e. The van der Waals surface area contributed by atoms with Gasteiger partial charge in [0.1, 0.15) is 0 Å². The molecule has 4 atom stereocenters. The number of carbonyl (C=O) groups is 4. The molecule has 0 radical (unpaired) electrons. The van der Waals surface area contributed by atoms with E-state index in [-0.39, 0.29) is 36.0 Å². The summed E-state index contributed by atoms with van der Waals surface area (Å²) in [4.78, 5) is 44.0. The van der Waals surface area contributed by atoms with Crippen molar-refractivity contribution in [1.82, 2.24) is 0 Å². The van der Waals surface area contributed by atoms with Crippen LogP contribution in [0.3, 0.4) is 0 Å². The zero-order valence-electron chi connectivity index (χ0n) is 31.3. The lowest BCUT2D eigenvalue weighted by Crippen LogP contribution is -2.25. The molecule has 8 nitrogen and oxygen atoms in total. The Labute approximate surface area is 285 Å². The van der Waals surface area contributed by atoms with Crippen molar-refractivity contribution in [2.45, 2.75) is 171 Å². The van der Waals surface area contributed by atoms with Crippen LogP contribution in [-0.4, -0.2) is 36.5 Å². The Kier molecular flexibility index (Phi) is 36.8. The highest BCUT2D eigenvalue weighted by Crippen LogP contribution is 2.28. The summed E-state index contributed by atoms with van der Waals surface area (Å²) >= 11 is 0. The summed E-state index contributed by atoms with van der Waals surface area (Å²) in [6, 6.07) is 0. The van der Waals surface area contributed by atoms with E-state index in [1.807, 2.05) is 27.7 Å². The number of halogens is 3. The highest BCUT2D eigenvalue weighted by molar-refractivity contribution is 5.78. The predicted octanol–water partition coefficient (Wildman–Crippen LogP) is 9.01. The molecule has 0 aromatic rings. The third kappa shape index (κ3) is 38.0. The van der Waals surface area contributed by atoms with E-state index in [4.69, 9.17) is 21.9 Å². The van der Waals surface area contributed by atoms with E-state index < -0.39 is 30.3 Å². The number of ether oxygens (including phenoxy) is 1. The van der Waals surface area contributed by atoms with Crippen molar-refractivity contribution >= 4 is 23.7 Å². The lowest BCUT2D eigenvalue weighted by Gasteiger charge is -2.18. The third-order valence-electron chi connectivity index (χ3n) is 7.67. The molecule has 282 valence electrons. The summed E-state index contributed by atoms with van der Waals surface area (Å²) in [6.07, 6.45) is 8.81. The van der Waals surface area contributed by atoms with Gasteiger partial charge < -0.3 is 21.9 Å². The second-order valence-electron chi connectivity index (χ2n) is 12.5. The maximum absolute atomic E-state index is 11.9. The lowest BCUT2D eigenvalue weighted by atomic mass is 9.91. The molecular weight excluding hydrogens is 611 g/mol. The topological polar surface area (TPSA) is 156 Å². The molecular formula is C36H72F3N3O5. The molecule has 0 aromatic heterocycles. The fraction of sp³-hybridized carbons (Fsp3) is 0.889. The summed E-state index contributed by atoms with van der Waals surface area (Å²) in [5.41, 5.74) is 15.4. The normalized spacial score (nSPS) is 13.3. The average molecular weight is 684 g/mol. The first-order valence-electron chi connectivity index (χ1n) is 18.1. The van der Waals surface area contributed by atoms with Gasteiger partial charge >= 0.3 is 12.1 Å². The lowest BCUT2D eigenvalue weighted by molar-refractivity contribution is -0.146.